The fourth-order valence-electron chi connectivity index (χ4n) is 5.66. The van der Waals surface area contributed by atoms with Gasteiger partial charge in [0.05, 0.1) is 24.9 Å². The van der Waals surface area contributed by atoms with Gasteiger partial charge in [-0.3, -0.25) is 24.0 Å². The summed E-state index contributed by atoms with van der Waals surface area (Å²) in [6.07, 6.45) is 5.83. The maximum Gasteiger partial charge on any atom is 0.244 e. The molecule has 2 aliphatic rings. The van der Waals surface area contributed by atoms with Gasteiger partial charge in [0.25, 0.3) is 0 Å². The van der Waals surface area contributed by atoms with Crippen LogP contribution in [0.5, 0.6) is 5.75 Å². The summed E-state index contributed by atoms with van der Waals surface area (Å²) in [6, 6.07) is 13.4. The molecule has 0 saturated carbocycles. The van der Waals surface area contributed by atoms with Crippen molar-refractivity contribution in [3.63, 3.8) is 0 Å². The molecule has 4 heterocycles. The van der Waals surface area contributed by atoms with Crippen LogP contribution in [-0.2, 0) is 27.3 Å². The zero-order valence-electron chi connectivity index (χ0n) is 23.8. The van der Waals surface area contributed by atoms with Crippen molar-refractivity contribution in [1.82, 2.24) is 29.9 Å². The molecule has 10 nitrogen and oxygen atoms in total. The van der Waals surface area contributed by atoms with Gasteiger partial charge in [0, 0.05) is 50.1 Å². The number of aromatic nitrogens is 3. The molecule has 3 amide bonds. The number of likely N-dealkylation sites (tertiary alicyclic amines) is 1. The van der Waals surface area contributed by atoms with Gasteiger partial charge in [0.1, 0.15) is 12.3 Å². The summed E-state index contributed by atoms with van der Waals surface area (Å²) in [6.45, 7) is 5.83. The van der Waals surface area contributed by atoms with Crippen LogP contribution in [0.1, 0.15) is 47.7 Å². The van der Waals surface area contributed by atoms with Gasteiger partial charge in [-0.15, -0.1) is 0 Å². The first-order valence-electron chi connectivity index (χ1n) is 14.3. The molecular formula is C31H38N6O4. The Labute approximate surface area is 240 Å². The lowest BCUT2D eigenvalue weighted by Crippen LogP contribution is -2.47. The Morgan fingerprint density at radius 1 is 1.05 bits per heavy atom. The summed E-state index contributed by atoms with van der Waals surface area (Å²) in [5.41, 5.74) is 3.80. The molecule has 5 rings (SSSR count). The lowest BCUT2D eigenvalue weighted by atomic mass is 9.94. The number of benzene rings is 1. The molecule has 3 aromatic rings. The van der Waals surface area contributed by atoms with Crippen LogP contribution in [0.4, 0.5) is 0 Å². The Morgan fingerprint density at radius 2 is 1.93 bits per heavy atom. The molecule has 0 unspecified atom stereocenters. The normalized spacial score (nSPS) is 19.6. The first kappa shape index (κ1) is 28.3. The number of hydrogen-bond donors (Lipinski definition) is 1. The molecule has 2 atom stereocenters. The van der Waals surface area contributed by atoms with Gasteiger partial charge in [-0.2, -0.15) is 5.10 Å². The van der Waals surface area contributed by atoms with Gasteiger partial charge in [-0.1, -0.05) is 18.2 Å². The van der Waals surface area contributed by atoms with Crippen LogP contribution in [0.3, 0.4) is 0 Å². The summed E-state index contributed by atoms with van der Waals surface area (Å²) in [7, 11) is 0. The van der Waals surface area contributed by atoms with Crippen LogP contribution >= 0.6 is 0 Å². The lowest BCUT2D eigenvalue weighted by molar-refractivity contribution is -0.136. The predicted molar refractivity (Wildman–Crippen MR) is 153 cm³/mol. The number of nitrogens with one attached hydrogen (secondary N) is 1. The second kappa shape index (κ2) is 13.0. The third kappa shape index (κ3) is 7.31. The number of nitrogens with zero attached hydrogens (tertiary/aromatic N) is 5. The molecule has 0 radical (unpaired) electrons. The van der Waals surface area contributed by atoms with Crippen molar-refractivity contribution in [3.8, 4) is 5.75 Å². The molecule has 2 bridgehead atoms. The molecule has 10 heteroatoms. The van der Waals surface area contributed by atoms with Crippen LogP contribution in [0, 0.1) is 13.8 Å². The Hall–Kier alpha value is -4.21. The van der Waals surface area contributed by atoms with Crippen LogP contribution in [0.15, 0.2) is 54.9 Å². The van der Waals surface area contributed by atoms with Gasteiger partial charge >= 0.3 is 0 Å². The number of aryl methyl sites for hydroxylation is 3. The topological polar surface area (TPSA) is 110 Å². The number of carbonyl (C=O) groups is 3. The minimum atomic E-state index is -0.294. The third-order valence-electron chi connectivity index (χ3n) is 7.82. The Bertz CT molecular complexity index is 1370. The van der Waals surface area contributed by atoms with E-state index in [0.29, 0.717) is 39.1 Å². The SMILES string of the molecule is Cc1cc(C)n(CC(=O)N2C[C@@H]3NC(=O)CN(C(=O)CCc4cccnc4)CCCCOc4cccc(c4)[C@H]3C2)n1. The van der Waals surface area contributed by atoms with Crippen molar-refractivity contribution in [3.05, 3.63) is 77.4 Å². The number of amides is 3. The fourth-order valence-corrected chi connectivity index (χ4v) is 5.66. The van der Waals surface area contributed by atoms with Gasteiger partial charge in [0.2, 0.25) is 17.7 Å². The van der Waals surface area contributed by atoms with E-state index < -0.39 is 0 Å². The maximum atomic E-state index is 13.4. The molecule has 0 aliphatic carbocycles. The number of rotatable bonds is 5. The first-order valence-corrected chi connectivity index (χ1v) is 14.3. The molecular weight excluding hydrogens is 520 g/mol. The first-order chi connectivity index (χ1) is 19.9. The second-order valence-electron chi connectivity index (χ2n) is 11.0. The quantitative estimate of drug-likeness (QED) is 0.516. The van der Waals surface area contributed by atoms with Gasteiger partial charge in [-0.25, -0.2) is 0 Å². The number of ether oxygens (including phenoxy) is 1. The Morgan fingerprint density at radius 3 is 2.71 bits per heavy atom. The van der Waals surface area contributed by atoms with Gasteiger partial charge < -0.3 is 19.9 Å². The highest BCUT2D eigenvalue weighted by molar-refractivity contribution is 5.85. The smallest absolute Gasteiger partial charge is 0.244 e. The van der Waals surface area contributed by atoms with Crippen LogP contribution < -0.4 is 10.1 Å². The Kier molecular flexibility index (Phi) is 8.96. The highest BCUT2D eigenvalue weighted by Gasteiger charge is 2.37. The number of carbonyl (C=O) groups excluding carboxylic acids is 3. The molecule has 2 aliphatic heterocycles. The monoisotopic (exact) mass is 558 g/mol. The second-order valence-corrected chi connectivity index (χ2v) is 11.0. The van der Waals surface area contributed by atoms with Crippen LogP contribution in [-0.4, -0.2) is 81.1 Å². The van der Waals surface area contributed by atoms with Crippen LogP contribution in [0.2, 0.25) is 0 Å². The van der Waals surface area contributed by atoms with E-state index in [9.17, 15) is 14.4 Å². The van der Waals surface area contributed by atoms with E-state index in [0.717, 1.165) is 41.1 Å². The highest BCUT2D eigenvalue weighted by atomic mass is 16.5. The summed E-state index contributed by atoms with van der Waals surface area (Å²) in [4.78, 5) is 47.5. The minimum Gasteiger partial charge on any atom is -0.494 e. The minimum absolute atomic E-state index is 0.0182. The van der Waals surface area contributed by atoms with Gasteiger partial charge in [-0.05, 0) is 68.5 Å². The van der Waals surface area contributed by atoms with E-state index >= 15 is 0 Å². The average Bonchev–Trinajstić information content (AvgIpc) is 3.52. The third-order valence-corrected chi connectivity index (χ3v) is 7.82. The molecule has 1 N–H and O–H groups in total. The standard InChI is InChI=1S/C31H38N6O4/c1-22-15-23(2)37(34-22)21-31(40)36-18-27-25-8-5-9-26(16-25)41-14-4-3-13-35(20-29(38)33-28(27)19-36)30(39)11-10-24-7-6-12-32-17-24/h5-9,12,15-17,27-28H,3-4,10-11,13-14,18-21H2,1-2H3,(H,33,38)/t27-,28+/m1/s1. The maximum absolute atomic E-state index is 13.4. The molecule has 41 heavy (non-hydrogen) atoms. The molecule has 0 spiro atoms. The summed E-state index contributed by atoms with van der Waals surface area (Å²) < 4.78 is 7.76. The van der Waals surface area contributed by atoms with E-state index in [1.54, 1.807) is 26.9 Å². The average molecular weight is 559 g/mol. The summed E-state index contributed by atoms with van der Waals surface area (Å²) in [5.74, 6) is 0.334. The molecule has 2 aromatic heterocycles. The Balaban J connectivity index is 1.31. The fraction of sp³-hybridized carbons (Fsp3) is 0.452. The van der Waals surface area contributed by atoms with Crippen molar-refractivity contribution >= 4 is 17.7 Å². The zero-order valence-corrected chi connectivity index (χ0v) is 23.8. The van der Waals surface area contributed by atoms with Crippen molar-refractivity contribution in [2.45, 2.75) is 58.0 Å². The lowest BCUT2D eigenvalue weighted by Gasteiger charge is -2.26. The zero-order chi connectivity index (χ0) is 28.8. The number of fused-ring (bicyclic) bond motifs is 4. The predicted octanol–water partition coefficient (Wildman–Crippen LogP) is 2.64. The van der Waals surface area contributed by atoms with E-state index in [1.807, 2.05) is 56.3 Å². The van der Waals surface area contributed by atoms with Crippen molar-refractivity contribution in [2.75, 3.05) is 32.8 Å². The van der Waals surface area contributed by atoms with E-state index in [-0.39, 0.29) is 42.8 Å². The van der Waals surface area contributed by atoms with Crippen LogP contribution in [0.25, 0.3) is 0 Å². The summed E-state index contributed by atoms with van der Waals surface area (Å²) in [5, 5.41) is 7.60. The van der Waals surface area contributed by atoms with Gasteiger partial charge in [0.15, 0.2) is 0 Å². The largest absolute Gasteiger partial charge is 0.494 e. The highest BCUT2D eigenvalue weighted by Crippen LogP contribution is 2.30. The van der Waals surface area contributed by atoms with Crippen molar-refractivity contribution in [2.24, 2.45) is 0 Å². The number of pyridine rings is 1. The van der Waals surface area contributed by atoms with E-state index in [2.05, 4.69) is 15.4 Å². The summed E-state index contributed by atoms with van der Waals surface area (Å²) >= 11 is 0. The van der Waals surface area contributed by atoms with Crippen molar-refractivity contribution in [1.29, 1.82) is 0 Å². The van der Waals surface area contributed by atoms with Crippen molar-refractivity contribution < 1.29 is 19.1 Å². The van der Waals surface area contributed by atoms with E-state index in [1.165, 1.54) is 0 Å². The molecule has 1 fully saturated rings. The molecule has 216 valence electrons. The number of hydrogen-bond acceptors (Lipinski definition) is 6. The van der Waals surface area contributed by atoms with E-state index in [4.69, 9.17) is 4.74 Å². The molecule has 1 aromatic carbocycles. The molecule has 1 saturated heterocycles.